The molecule has 2 N–H and O–H groups in total. The normalized spacial score (nSPS) is 13.1. The molecule has 0 radical (unpaired) electrons. The minimum atomic E-state index is 0.134. The van der Waals surface area contributed by atoms with Crippen LogP contribution in [0.15, 0.2) is 30.2 Å². The van der Waals surface area contributed by atoms with Crippen LogP contribution in [0.3, 0.4) is 0 Å². The zero-order valence-electron chi connectivity index (χ0n) is 8.65. The molecule has 1 rings (SSSR count). The van der Waals surface area contributed by atoms with Crippen molar-refractivity contribution in [3.8, 4) is 0 Å². The molecule has 0 saturated heterocycles. The predicted octanol–water partition coefficient (Wildman–Crippen LogP) is 2.26. The van der Waals surface area contributed by atoms with Gasteiger partial charge in [-0.1, -0.05) is 19.1 Å². The first kappa shape index (κ1) is 11.4. The molecule has 78 valence electrons. The van der Waals surface area contributed by atoms with E-state index in [9.17, 15) is 0 Å². The lowest BCUT2D eigenvalue weighted by atomic mass is 10.2. The van der Waals surface area contributed by atoms with E-state index in [4.69, 9.17) is 5.73 Å². The molecule has 0 bridgehead atoms. The average molecular weight is 210 g/mol. The standard InChI is InChI=1S/C11H18N2S/c1-3-7-13(4-2)9-10(12)11-6-5-8-14-11/h3,5-6,8,10H,1,4,7,9,12H2,2H3. The number of nitrogens with zero attached hydrogens (tertiary/aromatic N) is 1. The fourth-order valence-corrected chi connectivity index (χ4v) is 2.11. The van der Waals surface area contributed by atoms with Crippen molar-refractivity contribution >= 4 is 11.3 Å². The van der Waals surface area contributed by atoms with Gasteiger partial charge in [0.2, 0.25) is 0 Å². The van der Waals surface area contributed by atoms with E-state index in [0.717, 1.165) is 19.6 Å². The summed E-state index contributed by atoms with van der Waals surface area (Å²) in [4.78, 5) is 3.55. The summed E-state index contributed by atoms with van der Waals surface area (Å²) in [6.07, 6.45) is 1.92. The number of rotatable bonds is 6. The quantitative estimate of drug-likeness (QED) is 0.730. The van der Waals surface area contributed by atoms with Crippen LogP contribution >= 0.6 is 11.3 Å². The number of hydrogen-bond acceptors (Lipinski definition) is 3. The zero-order valence-corrected chi connectivity index (χ0v) is 9.46. The van der Waals surface area contributed by atoms with E-state index in [-0.39, 0.29) is 6.04 Å². The fraction of sp³-hybridized carbons (Fsp3) is 0.455. The van der Waals surface area contributed by atoms with Gasteiger partial charge in [-0.25, -0.2) is 0 Å². The van der Waals surface area contributed by atoms with Gasteiger partial charge < -0.3 is 5.73 Å². The molecule has 0 aliphatic heterocycles. The van der Waals surface area contributed by atoms with E-state index in [0.29, 0.717) is 0 Å². The molecule has 0 aliphatic rings. The third-order valence-corrected chi connectivity index (χ3v) is 3.20. The summed E-state index contributed by atoms with van der Waals surface area (Å²) < 4.78 is 0. The van der Waals surface area contributed by atoms with Crippen LogP contribution in [0.4, 0.5) is 0 Å². The van der Waals surface area contributed by atoms with Crippen molar-refractivity contribution in [1.29, 1.82) is 0 Å². The summed E-state index contributed by atoms with van der Waals surface area (Å²) in [6, 6.07) is 4.27. The second kappa shape index (κ2) is 5.96. The van der Waals surface area contributed by atoms with Gasteiger partial charge in [0.25, 0.3) is 0 Å². The lowest BCUT2D eigenvalue weighted by Gasteiger charge is -2.21. The van der Waals surface area contributed by atoms with Gasteiger partial charge in [0.05, 0.1) is 6.04 Å². The molecule has 0 fully saturated rings. The first-order valence-corrected chi connectivity index (χ1v) is 5.78. The summed E-state index contributed by atoms with van der Waals surface area (Å²) in [5, 5.41) is 2.07. The number of likely N-dealkylation sites (N-methyl/N-ethyl adjacent to an activating group) is 1. The molecule has 3 heteroatoms. The summed E-state index contributed by atoms with van der Waals surface area (Å²) >= 11 is 1.72. The first-order chi connectivity index (χ1) is 6.77. The van der Waals surface area contributed by atoms with Crippen LogP contribution in [0.1, 0.15) is 17.8 Å². The molecule has 0 saturated carbocycles. The van der Waals surface area contributed by atoms with Gasteiger partial charge in [-0.15, -0.1) is 17.9 Å². The van der Waals surface area contributed by atoms with E-state index >= 15 is 0 Å². The van der Waals surface area contributed by atoms with Crippen LogP contribution in [-0.2, 0) is 0 Å². The monoisotopic (exact) mass is 210 g/mol. The van der Waals surface area contributed by atoms with Gasteiger partial charge in [0.15, 0.2) is 0 Å². The van der Waals surface area contributed by atoms with Gasteiger partial charge in [0, 0.05) is 18.0 Å². The Hall–Kier alpha value is -0.640. The van der Waals surface area contributed by atoms with Crippen LogP contribution in [0.5, 0.6) is 0 Å². The van der Waals surface area contributed by atoms with E-state index < -0.39 is 0 Å². The van der Waals surface area contributed by atoms with Gasteiger partial charge in [-0.05, 0) is 18.0 Å². The van der Waals surface area contributed by atoms with Crippen LogP contribution in [0.25, 0.3) is 0 Å². The van der Waals surface area contributed by atoms with Gasteiger partial charge in [-0.2, -0.15) is 0 Å². The van der Waals surface area contributed by atoms with Crippen molar-refractivity contribution in [2.24, 2.45) is 5.73 Å². The second-order valence-electron chi connectivity index (χ2n) is 3.26. The molecule has 1 atom stereocenters. The Bertz CT molecular complexity index is 256. The van der Waals surface area contributed by atoms with Crippen molar-refractivity contribution in [3.05, 3.63) is 35.0 Å². The highest BCUT2D eigenvalue weighted by Crippen LogP contribution is 2.17. The minimum absolute atomic E-state index is 0.134. The van der Waals surface area contributed by atoms with Gasteiger partial charge >= 0.3 is 0 Å². The Morgan fingerprint density at radius 3 is 3.00 bits per heavy atom. The molecule has 0 amide bonds. The Morgan fingerprint density at radius 1 is 1.71 bits per heavy atom. The highest BCUT2D eigenvalue weighted by Gasteiger charge is 2.10. The lowest BCUT2D eigenvalue weighted by molar-refractivity contribution is 0.300. The highest BCUT2D eigenvalue weighted by atomic mass is 32.1. The number of hydrogen-bond donors (Lipinski definition) is 1. The SMILES string of the molecule is C=CCN(CC)CC(N)c1cccs1. The Balaban J connectivity index is 2.46. The summed E-state index contributed by atoms with van der Waals surface area (Å²) in [6.45, 7) is 8.72. The topological polar surface area (TPSA) is 29.3 Å². The zero-order chi connectivity index (χ0) is 10.4. The van der Waals surface area contributed by atoms with Crippen molar-refractivity contribution < 1.29 is 0 Å². The molecule has 1 unspecified atom stereocenters. The van der Waals surface area contributed by atoms with Crippen molar-refractivity contribution in [3.63, 3.8) is 0 Å². The Kier molecular flexibility index (Phi) is 4.87. The molecule has 0 aliphatic carbocycles. The minimum Gasteiger partial charge on any atom is -0.322 e. The van der Waals surface area contributed by atoms with Gasteiger partial charge in [-0.3, -0.25) is 4.90 Å². The second-order valence-corrected chi connectivity index (χ2v) is 4.24. The molecule has 0 aromatic carbocycles. The summed E-state index contributed by atoms with van der Waals surface area (Å²) in [7, 11) is 0. The maximum Gasteiger partial charge on any atom is 0.0519 e. The number of nitrogens with two attached hydrogens (primary N) is 1. The molecule has 0 spiro atoms. The highest BCUT2D eigenvalue weighted by molar-refractivity contribution is 7.10. The predicted molar refractivity (Wildman–Crippen MR) is 63.6 cm³/mol. The number of thiophene rings is 1. The molecule has 1 aromatic rings. The average Bonchev–Trinajstić information content (AvgIpc) is 2.69. The van der Waals surface area contributed by atoms with Crippen LogP contribution in [0.2, 0.25) is 0 Å². The molecule has 1 aromatic heterocycles. The van der Waals surface area contributed by atoms with E-state index in [1.165, 1.54) is 4.88 Å². The molecule has 1 heterocycles. The molecular weight excluding hydrogens is 192 g/mol. The third kappa shape index (κ3) is 3.25. The van der Waals surface area contributed by atoms with Crippen LogP contribution in [0, 0.1) is 0 Å². The molecule has 2 nitrogen and oxygen atoms in total. The fourth-order valence-electron chi connectivity index (χ4n) is 1.39. The molecular formula is C11H18N2S. The van der Waals surface area contributed by atoms with Crippen molar-refractivity contribution in [2.45, 2.75) is 13.0 Å². The Morgan fingerprint density at radius 2 is 2.50 bits per heavy atom. The van der Waals surface area contributed by atoms with Crippen LogP contribution in [-0.4, -0.2) is 24.5 Å². The summed E-state index contributed by atoms with van der Waals surface area (Å²) in [5.41, 5.74) is 6.08. The maximum atomic E-state index is 6.08. The Labute approximate surface area is 90.0 Å². The van der Waals surface area contributed by atoms with Crippen molar-refractivity contribution in [2.75, 3.05) is 19.6 Å². The van der Waals surface area contributed by atoms with E-state index in [1.807, 2.05) is 12.1 Å². The third-order valence-electron chi connectivity index (χ3n) is 2.20. The van der Waals surface area contributed by atoms with Crippen molar-refractivity contribution in [1.82, 2.24) is 4.90 Å². The largest absolute Gasteiger partial charge is 0.322 e. The van der Waals surface area contributed by atoms with E-state index in [1.54, 1.807) is 11.3 Å². The lowest BCUT2D eigenvalue weighted by Crippen LogP contribution is -2.31. The van der Waals surface area contributed by atoms with Gasteiger partial charge in [0.1, 0.15) is 0 Å². The first-order valence-electron chi connectivity index (χ1n) is 4.90. The smallest absolute Gasteiger partial charge is 0.0519 e. The molecule has 14 heavy (non-hydrogen) atoms. The maximum absolute atomic E-state index is 6.08. The van der Waals surface area contributed by atoms with E-state index in [2.05, 4.69) is 29.8 Å². The summed E-state index contributed by atoms with van der Waals surface area (Å²) in [5.74, 6) is 0. The van der Waals surface area contributed by atoms with Crippen LogP contribution < -0.4 is 5.73 Å².